The summed E-state index contributed by atoms with van der Waals surface area (Å²) in [6, 6.07) is 11.9. The second-order valence-corrected chi connectivity index (χ2v) is 8.57. The number of allylic oxidation sites excluding steroid dienone is 2. The van der Waals surface area contributed by atoms with Crippen LogP contribution in [0.5, 0.6) is 11.5 Å². The van der Waals surface area contributed by atoms with Crippen molar-refractivity contribution in [2.45, 2.75) is 19.3 Å². The van der Waals surface area contributed by atoms with Crippen molar-refractivity contribution in [1.29, 1.82) is 0 Å². The molecule has 140 valence electrons. The Bertz CT molecular complexity index is 856. The monoisotopic (exact) mass is 586 g/mol. The Balaban J connectivity index is 1.98. The zero-order valence-corrected chi connectivity index (χ0v) is 19.5. The van der Waals surface area contributed by atoms with Gasteiger partial charge in [-0.3, -0.25) is 4.79 Å². The van der Waals surface area contributed by atoms with Crippen molar-refractivity contribution < 1.29 is 14.3 Å². The van der Waals surface area contributed by atoms with Crippen molar-refractivity contribution in [3.63, 3.8) is 0 Å². The lowest BCUT2D eigenvalue weighted by atomic mass is 9.86. The molecule has 3 rings (SSSR count). The van der Waals surface area contributed by atoms with Crippen LogP contribution in [0.2, 0.25) is 0 Å². The van der Waals surface area contributed by atoms with Gasteiger partial charge in [-0.25, -0.2) is 0 Å². The fourth-order valence-corrected chi connectivity index (χ4v) is 4.74. The second-order valence-electron chi connectivity index (χ2n) is 6.25. The van der Waals surface area contributed by atoms with E-state index in [9.17, 15) is 4.79 Å². The highest BCUT2D eigenvalue weighted by molar-refractivity contribution is 14.1. The van der Waals surface area contributed by atoms with E-state index in [0.29, 0.717) is 0 Å². The van der Waals surface area contributed by atoms with Crippen LogP contribution < -0.4 is 9.47 Å². The first-order valence-electron chi connectivity index (χ1n) is 8.66. The Labute approximate surface area is 187 Å². The van der Waals surface area contributed by atoms with Crippen molar-refractivity contribution in [1.82, 2.24) is 0 Å². The summed E-state index contributed by atoms with van der Waals surface area (Å²) < 4.78 is 13.1. The van der Waals surface area contributed by atoms with Crippen LogP contribution in [0.3, 0.4) is 0 Å². The summed E-state index contributed by atoms with van der Waals surface area (Å²) in [5.74, 6) is 1.74. The molecule has 0 spiro atoms. The van der Waals surface area contributed by atoms with E-state index in [-0.39, 0.29) is 5.78 Å². The van der Waals surface area contributed by atoms with Gasteiger partial charge in [-0.1, -0.05) is 24.3 Å². The number of hydrogen-bond acceptors (Lipinski definition) is 3. The van der Waals surface area contributed by atoms with Gasteiger partial charge < -0.3 is 9.47 Å². The SMILES string of the molecule is COc1c(I)cccc1C=C1CCCC(=Cc2cccc(I)c2OC)C1=O. The number of hydrogen-bond donors (Lipinski definition) is 0. The summed E-state index contributed by atoms with van der Waals surface area (Å²) in [5, 5.41) is 0. The summed E-state index contributed by atoms with van der Waals surface area (Å²) in [5.41, 5.74) is 3.55. The van der Waals surface area contributed by atoms with E-state index in [0.717, 1.165) is 60.2 Å². The van der Waals surface area contributed by atoms with E-state index >= 15 is 0 Å². The standard InChI is InChI=1S/C22H20I2O3/c1-26-21-16(8-4-10-18(21)23)12-14-6-3-7-15(20(14)25)13-17-9-5-11-19(24)22(17)27-2/h4-5,8-13H,3,6-7H2,1-2H3. The van der Waals surface area contributed by atoms with E-state index in [1.807, 2.05) is 48.6 Å². The molecule has 1 saturated carbocycles. The Hall–Kier alpha value is -1.35. The summed E-state index contributed by atoms with van der Waals surface area (Å²) >= 11 is 4.50. The molecule has 3 nitrogen and oxygen atoms in total. The van der Waals surface area contributed by atoms with Gasteiger partial charge in [-0.2, -0.15) is 0 Å². The molecule has 1 fully saturated rings. The molecule has 0 saturated heterocycles. The predicted molar refractivity (Wildman–Crippen MR) is 126 cm³/mol. The van der Waals surface area contributed by atoms with E-state index in [4.69, 9.17) is 9.47 Å². The molecule has 0 bridgehead atoms. The minimum absolute atomic E-state index is 0.114. The van der Waals surface area contributed by atoms with E-state index in [2.05, 4.69) is 45.2 Å². The third kappa shape index (κ3) is 4.56. The maximum atomic E-state index is 13.1. The lowest BCUT2D eigenvalue weighted by Gasteiger charge is -2.18. The Morgan fingerprint density at radius 1 is 0.815 bits per heavy atom. The summed E-state index contributed by atoms with van der Waals surface area (Å²) in [6.07, 6.45) is 6.48. The average molecular weight is 586 g/mol. The van der Waals surface area contributed by atoms with Crippen LogP contribution in [-0.2, 0) is 4.79 Å². The molecule has 0 N–H and O–H groups in total. The molecular formula is C22H20I2O3. The van der Waals surface area contributed by atoms with E-state index in [1.165, 1.54) is 0 Å². The van der Waals surface area contributed by atoms with E-state index in [1.54, 1.807) is 14.2 Å². The predicted octanol–water partition coefficient (Wildman–Crippen LogP) is 6.13. The third-order valence-electron chi connectivity index (χ3n) is 4.54. The molecule has 2 aromatic rings. The maximum Gasteiger partial charge on any atom is 0.185 e. The summed E-state index contributed by atoms with van der Waals surface area (Å²) in [7, 11) is 3.33. The molecule has 0 unspecified atom stereocenters. The molecule has 27 heavy (non-hydrogen) atoms. The number of ether oxygens (including phenoxy) is 2. The van der Waals surface area contributed by atoms with Crippen molar-refractivity contribution in [3.05, 3.63) is 65.8 Å². The number of para-hydroxylation sites is 2. The van der Waals surface area contributed by atoms with E-state index < -0.39 is 0 Å². The largest absolute Gasteiger partial charge is 0.495 e. The van der Waals surface area contributed by atoms with Gasteiger partial charge in [-0.05, 0) is 88.7 Å². The van der Waals surface area contributed by atoms with Crippen LogP contribution >= 0.6 is 45.2 Å². The molecule has 2 aromatic carbocycles. The highest BCUT2D eigenvalue weighted by Gasteiger charge is 2.22. The average Bonchev–Trinajstić information content (AvgIpc) is 2.65. The number of Topliss-reactive ketones (excluding diaryl/α,β-unsaturated/α-hetero) is 1. The van der Waals surface area contributed by atoms with Gasteiger partial charge in [0.15, 0.2) is 5.78 Å². The van der Waals surface area contributed by atoms with Crippen LogP contribution in [-0.4, -0.2) is 20.0 Å². The molecule has 5 heteroatoms. The normalized spacial score (nSPS) is 17.4. The van der Waals surface area contributed by atoms with Crippen LogP contribution in [0, 0.1) is 7.14 Å². The van der Waals surface area contributed by atoms with Crippen LogP contribution in [0.15, 0.2) is 47.5 Å². The number of ketones is 1. The van der Waals surface area contributed by atoms with Gasteiger partial charge in [0.25, 0.3) is 0 Å². The number of methoxy groups -OCH3 is 2. The second kappa shape index (κ2) is 9.23. The van der Waals surface area contributed by atoms with Crippen molar-refractivity contribution in [2.75, 3.05) is 14.2 Å². The van der Waals surface area contributed by atoms with Gasteiger partial charge >= 0.3 is 0 Å². The van der Waals surface area contributed by atoms with Gasteiger partial charge in [0, 0.05) is 22.3 Å². The lowest BCUT2D eigenvalue weighted by Crippen LogP contribution is -2.12. The molecule has 1 aliphatic rings. The molecule has 0 amide bonds. The number of halogens is 2. The minimum Gasteiger partial charge on any atom is -0.495 e. The first-order valence-corrected chi connectivity index (χ1v) is 10.8. The molecule has 0 aliphatic heterocycles. The topological polar surface area (TPSA) is 35.5 Å². The Morgan fingerprint density at radius 2 is 1.26 bits per heavy atom. The Kier molecular flexibility index (Phi) is 6.97. The van der Waals surface area contributed by atoms with Crippen molar-refractivity contribution in [3.8, 4) is 11.5 Å². The van der Waals surface area contributed by atoms with Crippen LogP contribution in [0.1, 0.15) is 30.4 Å². The molecule has 1 aliphatic carbocycles. The van der Waals surface area contributed by atoms with Gasteiger partial charge in [0.05, 0.1) is 21.4 Å². The number of carbonyl (C=O) groups is 1. The molecular weight excluding hydrogens is 566 g/mol. The first kappa shape index (κ1) is 20.4. The molecule has 0 radical (unpaired) electrons. The summed E-state index contributed by atoms with van der Waals surface area (Å²) in [4.78, 5) is 13.1. The summed E-state index contributed by atoms with van der Waals surface area (Å²) in [6.45, 7) is 0. The number of benzene rings is 2. The third-order valence-corrected chi connectivity index (χ3v) is 6.24. The highest BCUT2D eigenvalue weighted by atomic mass is 127. The van der Waals surface area contributed by atoms with Gasteiger partial charge in [0.1, 0.15) is 11.5 Å². The Morgan fingerprint density at radius 3 is 1.67 bits per heavy atom. The zero-order chi connectivity index (χ0) is 19.4. The van der Waals surface area contributed by atoms with Gasteiger partial charge in [-0.15, -0.1) is 0 Å². The highest BCUT2D eigenvalue weighted by Crippen LogP contribution is 2.34. The fraction of sp³-hybridized carbons (Fsp3) is 0.227. The fourth-order valence-electron chi connectivity index (χ4n) is 3.26. The molecule has 0 aromatic heterocycles. The molecule has 0 heterocycles. The first-order chi connectivity index (χ1) is 13.0. The van der Waals surface area contributed by atoms with Crippen LogP contribution in [0.4, 0.5) is 0 Å². The number of rotatable bonds is 4. The number of carbonyl (C=O) groups excluding carboxylic acids is 1. The van der Waals surface area contributed by atoms with Crippen molar-refractivity contribution >= 4 is 63.1 Å². The lowest BCUT2D eigenvalue weighted by molar-refractivity contribution is -0.112. The zero-order valence-electron chi connectivity index (χ0n) is 15.2. The van der Waals surface area contributed by atoms with Crippen LogP contribution in [0.25, 0.3) is 12.2 Å². The minimum atomic E-state index is 0.114. The maximum absolute atomic E-state index is 13.1. The van der Waals surface area contributed by atoms with Gasteiger partial charge in [0.2, 0.25) is 0 Å². The quantitative estimate of drug-likeness (QED) is 0.320. The van der Waals surface area contributed by atoms with Crippen molar-refractivity contribution in [2.24, 2.45) is 0 Å². The smallest absolute Gasteiger partial charge is 0.185 e. The molecule has 0 atom stereocenters.